The number of phenols is 2. The monoisotopic (exact) mass is 1420 g/mol. The Labute approximate surface area is 592 Å². The molecule has 5 aliphatic rings. The van der Waals surface area contributed by atoms with E-state index in [0.717, 1.165) is 75.3 Å². The fourth-order valence-corrected chi connectivity index (χ4v) is 20.6. The number of carbonyl (C=O) groups is 3. The minimum absolute atomic E-state index is 0.0499. The molecule has 9 rings (SSSR count). The van der Waals surface area contributed by atoms with E-state index < -0.39 is 50.7 Å². The molecule has 11 N–H and O–H groups in total. The first-order chi connectivity index (χ1) is 47.5. The van der Waals surface area contributed by atoms with Gasteiger partial charge in [0.2, 0.25) is 11.8 Å². The van der Waals surface area contributed by atoms with Crippen LogP contribution in [0.4, 0.5) is 16.2 Å². The Morgan fingerprint density at radius 1 is 0.859 bits per heavy atom. The van der Waals surface area contributed by atoms with Gasteiger partial charge in [-0.2, -0.15) is 11.8 Å². The van der Waals surface area contributed by atoms with Gasteiger partial charge in [0.05, 0.1) is 41.5 Å². The number of ether oxygens (including phenoxy) is 3. The van der Waals surface area contributed by atoms with Gasteiger partial charge in [-0.25, -0.2) is 14.8 Å². The first-order valence-electron chi connectivity index (χ1n) is 34.6. The van der Waals surface area contributed by atoms with Crippen LogP contribution in [0.2, 0.25) is 5.04 Å². The summed E-state index contributed by atoms with van der Waals surface area (Å²) in [6.07, 6.45) is 8.53. The number of rotatable bonds is 23. The number of nitrogens with two attached hydrogens (primary N) is 1. The summed E-state index contributed by atoms with van der Waals surface area (Å²) < 4.78 is 25.6. The summed E-state index contributed by atoms with van der Waals surface area (Å²) >= 11 is 3.43. The number of thioether (sulfide) groups is 2. The van der Waals surface area contributed by atoms with Crippen LogP contribution in [-0.4, -0.2) is 204 Å². The minimum Gasteiger partial charge on any atom is -0.506 e. The lowest BCUT2D eigenvalue weighted by molar-refractivity contribution is -0.121. The van der Waals surface area contributed by atoms with Crippen molar-refractivity contribution in [2.24, 2.45) is 32.5 Å². The zero-order chi connectivity index (χ0) is 71.0. The van der Waals surface area contributed by atoms with Crippen LogP contribution >= 0.6 is 23.5 Å². The van der Waals surface area contributed by atoms with Crippen molar-refractivity contribution in [3.8, 4) is 23.3 Å². The van der Waals surface area contributed by atoms with Crippen LogP contribution in [-0.2, 0) is 41.2 Å². The molecule has 0 radical (unpaired) electrons. The van der Waals surface area contributed by atoms with Gasteiger partial charge in [0.15, 0.2) is 23.9 Å². The molecule has 3 amide bonds. The topological polar surface area (TPSA) is 312 Å². The Hall–Kier alpha value is -7.46. The average Bonchev–Trinajstić information content (AvgIpc) is 1.46. The highest BCUT2D eigenvalue weighted by Crippen LogP contribution is 2.45. The zero-order valence-electron chi connectivity index (χ0n) is 58.7. The van der Waals surface area contributed by atoms with Gasteiger partial charge in [-0.05, 0) is 85.7 Å². The summed E-state index contributed by atoms with van der Waals surface area (Å²) in [5, 5.41) is 72.5. The number of aliphatic hydroxyl groups is 1. The van der Waals surface area contributed by atoms with Crippen molar-refractivity contribution in [3.05, 3.63) is 114 Å². The third-order valence-corrected chi connectivity index (χ3v) is 26.7. The van der Waals surface area contributed by atoms with E-state index in [1.54, 1.807) is 45.1 Å². The number of aliphatic imine (C=N–C) groups is 3. The highest BCUT2D eigenvalue weighted by atomic mass is 32.2. The van der Waals surface area contributed by atoms with E-state index in [1.165, 1.54) is 59.3 Å². The Kier molecular flexibility index (Phi) is 26.9. The Balaban J connectivity index is 0.724. The lowest BCUT2D eigenvalue weighted by Gasteiger charge is -2.44. The number of hydrogen-bond donors (Lipinski definition) is 10. The number of anilines is 1. The van der Waals surface area contributed by atoms with E-state index in [1.807, 2.05) is 18.7 Å². The number of methoxy groups -OCH3 is 2. The molecule has 0 spiro atoms. The van der Waals surface area contributed by atoms with Crippen LogP contribution in [0.25, 0.3) is 0 Å². The molecule has 2 saturated heterocycles. The molecule has 26 heteroatoms. The highest BCUT2D eigenvalue weighted by Gasteiger charge is 2.51. The molecule has 538 valence electrons. The number of phenolic OH excluding ortho intramolecular Hbond substituents is 2. The van der Waals surface area contributed by atoms with Gasteiger partial charge in [0.1, 0.15) is 23.3 Å². The molecule has 10 atom stereocenters. The summed E-state index contributed by atoms with van der Waals surface area (Å²) in [6.45, 7) is 18.7. The number of allylic oxidation sites excluding steroid dienone is 2. The van der Waals surface area contributed by atoms with Crippen LogP contribution in [0.3, 0.4) is 0 Å². The van der Waals surface area contributed by atoms with E-state index in [4.69, 9.17) is 34.4 Å². The number of benzene rings is 3. The van der Waals surface area contributed by atoms with Crippen LogP contribution in [0.15, 0.2) is 128 Å². The largest absolute Gasteiger partial charge is 0.506 e. The van der Waals surface area contributed by atoms with Crippen molar-refractivity contribution in [3.63, 3.8) is 0 Å². The maximum atomic E-state index is 13.5. The van der Waals surface area contributed by atoms with Gasteiger partial charge in [0, 0.05) is 131 Å². The molecular weight excluding hydrogens is 1320 g/mol. The standard InChI is InChI=1S/C73H103N11O12S2Si/c1-46-37-56-64(58(85)40-57(66(56)89)81-68(90)47(2)19-16-24-59(93-8)67(96-70(74)92)49(4)39-48(3)65(88)60(38-46)94-9)76-31-18-30-75-62(86)25-17-32-84-63(87)41-61(69(84)91)98-45-53-29-36-83-35-28-52(79-72(83)80-53)44-97-43-51-27-34-82-33-26-50(77-71(82)78-51)42-95-99(73(5,6)7,54-20-12-10-13-21-54)55-22-14-11-15-23-55/h10-16,19-24,31,39-41,46,48,50-53,59-60,65,67,85,87-89,91H,17-18,25-30,32-38,42-45H2,1-9H3,(H2,74,92)(H,75,86)(H,77,78)(H,79,80)(H,81,90)/t46-,48+,50-,51-,52-,53-,59+,60+,65-,67+/m1/s1. The highest BCUT2D eigenvalue weighted by molar-refractivity contribution is 7.99. The van der Waals surface area contributed by atoms with E-state index in [2.05, 4.69) is 117 Å². The van der Waals surface area contributed by atoms with Crippen molar-refractivity contribution in [2.75, 3.05) is 76.1 Å². The second-order valence-corrected chi connectivity index (χ2v) is 34.1. The number of primary amides is 1. The Morgan fingerprint density at radius 2 is 1.49 bits per heavy atom. The van der Waals surface area contributed by atoms with E-state index in [0.29, 0.717) is 41.7 Å². The first kappa shape index (κ1) is 75.7. The zero-order valence-corrected chi connectivity index (χ0v) is 61.3. The third kappa shape index (κ3) is 19.5. The quantitative estimate of drug-likeness (QED) is 0.00633. The molecule has 2 bridgehead atoms. The van der Waals surface area contributed by atoms with Gasteiger partial charge < -0.3 is 81.0 Å². The number of aromatic nitrogens is 1. The average molecular weight is 1420 g/mol. The fourth-order valence-electron chi connectivity index (χ4n) is 13.8. The molecule has 23 nitrogen and oxygen atoms in total. The van der Waals surface area contributed by atoms with Crippen LogP contribution in [0.5, 0.6) is 23.3 Å². The van der Waals surface area contributed by atoms with Crippen LogP contribution < -0.4 is 37.4 Å². The second kappa shape index (κ2) is 35.2. The summed E-state index contributed by atoms with van der Waals surface area (Å²) in [4.78, 5) is 58.9. The number of nitrogens with zero attached hydrogens (tertiary/aromatic N) is 6. The second-order valence-electron chi connectivity index (χ2n) is 27.7. The number of fused-ring (bicyclic) bond motifs is 4. The molecule has 99 heavy (non-hydrogen) atoms. The van der Waals surface area contributed by atoms with Crippen molar-refractivity contribution >= 4 is 89.6 Å². The molecular formula is C73H103N11O12S2Si. The number of aliphatic hydroxyl groups excluding tert-OH is 1. The minimum atomic E-state index is -2.68. The lowest BCUT2D eigenvalue weighted by Crippen LogP contribution is -2.67. The Morgan fingerprint density at radius 3 is 2.13 bits per heavy atom. The lowest BCUT2D eigenvalue weighted by atomic mass is 9.87. The predicted molar refractivity (Wildman–Crippen MR) is 396 cm³/mol. The number of nitrogens with one attached hydrogen (secondary N) is 4. The normalized spacial score (nSPS) is 24.3. The molecule has 2 fully saturated rings. The van der Waals surface area contributed by atoms with Gasteiger partial charge in [-0.1, -0.05) is 120 Å². The van der Waals surface area contributed by atoms with Gasteiger partial charge in [-0.15, -0.1) is 11.8 Å². The molecule has 1 aromatic heterocycles. The van der Waals surface area contributed by atoms with Gasteiger partial charge >= 0.3 is 6.09 Å². The van der Waals surface area contributed by atoms with Gasteiger partial charge in [0.25, 0.3) is 14.2 Å². The molecule has 0 unspecified atom stereocenters. The van der Waals surface area contributed by atoms with Crippen LogP contribution in [0.1, 0.15) is 105 Å². The SMILES string of the molecule is CO[C@H]1C=CC=C(C)C(=O)Nc2cc(O)c(N=CCCNC(=O)CCCn3c(O)cc(SC[C@H]4CCN5CC[C@H](CSC[C@H]6CCN7CC[C@H](CO[Si](c8ccccc8)(c8ccccc8)C(C)(C)C)N=C7N6)N=C5N4)c3O)c(c2O)C[C@@H](C)C[C@H](OC)[C@H](O)[C@@H](C)C=C(C)[C@@H]1OC(N)=O. The first-order valence-corrected chi connectivity index (χ1v) is 38.7. The molecule has 6 heterocycles. The smallest absolute Gasteiger partial charge is 0.405 e. The molecule has 0 aliphatic carbocycles. The number of guanidine groups is 2. The van der Waals surface area contributed by atoms with Crippen molar-refractivity contribution < 1.29 is 58.6 Å². The van der Waals surface area contributed by atoms with E-state index in [-0.39, 0.29) is 113 Å². The number of carbonyl (C=O) groups excluding carboxylic acids is 3. The molecule has 0 saturated carbocycles. The maximum absolute atomic E-state index is 13.5. The predicted octanol–water partition coefficient (Wildman–Crippen LogP) is 8.45. The fraction of sp³-hybridized carbons (Fsp3) is 0.534. The van der Waals surface area contributed by atoms with Crippen LogP contribution in [0, 0.1) is 11.8 Å². The number of hydrogen-bond acceptors (Lipinski definition) is 21. The van der Waals surface area contributed by atoms with E-state index in [9.17, 15) is 39.9 Å². The summed E-state index contributed by atoms with van der Waals surface area (Å²) in [6, 6.07) is 25.1. The van der Waals surface area contributed by atoms with Crippen molar-refractivity contribution in [2.45, 2.75) is 171 Å². The number of amides is 3. The van der Waals surface area contributed by atoms with E-state index >= 15 is 0 Å². The molecule has 3 aromatic carbocycles. The summed E-state index contributed by atoms with van der Waals surface area (Å²) in [5.41, 5.74) is 6.50. The number of aromatic hydroxyl groups is 4. The molecule has 4 aromatic rings. The maximum Gasteiger partial charge on any atom is 0.405 e. The third-order valence-electron chi connectivity index (χ3n) is 19.2. The molecule has 5 aliphatic heterocycles. The summed E-state index contributed by atoms with van der Waals surface area (Å²) in [5.74, 6) is 2.14. The van der Waals surface area contributed by atoms with Gasteiger partial charge in [-0.3, -0.25) is 19.1 Å². The Bertz CT molecular complexity index is 3550. The summed E-state index contributed by atoms with van der Waals surface area (Å²) in [7, 11) is 0.242. The van der Waals surface area contributed by atoms with Crippen molar-refractivity contribution in [1.82, 2.24) is 30.3 Å². The van der Waals surface area contributed by atoms with Crippen molar-refractivity contribution in [1.29, 1.82) is 0 Å².